The summed E-state index contributed by atoms with van der Waals surface area (Å²) in [6, 6.07) is 4.75. The summed E-state index contributed by atoms with van der Waals surface area (Å²) in [6.07, 6.45) is -3.96. The second-order valence-corrected chi connectivity index (χ2v) is 7.51. The lowest BCUT2D eigenvalue weighted by Crippen LogP contribution is -2.43. The average Bonchev–Trinajstić information content (AvgIpc) is 2.65. The Hall–Kier alpha value is -2.40. The molecule has 162 valence electrons. The van der Waals surface area contributed by atoms with Gasteiger partial charge in [0.25, 0.3) is 5.91 Å². The Morgan fingerprint density at radius 3 is 2.23 bits per heavy atom. The number of rotatable bonds is 5. The summed E-state index contributed by atoms with van der Waals surface area (Å²) in [5.41, 5.74) is -0.992. The molecule has 4 nitrogen and oxygen atoms in total. The topological polar surface area (TPSA) is 40.6 Å². The molecule has 2 aromatic carbocycles. The van der Waals surface area contributed by atoms with Crippen LogP contribution >= 0.6 is 23.4 Å². The van der Waals surface area contributed by atoms with E-state index >= 15 is 0 Å². The van der Waals surface area contributed by atoms with Crippen molar-refractivity contribution in [1.29, 1.82) is 0 Å². The van der Waals surface area contributed by atoms with E-state index in [9.17, 15) is 35.9 Å². The van der Waals surface area contributed by atoms with Crippen LogP contribution in [0.15, 0.2) is 41.3 Å². The third kappa shape index (κ3) is 5.01. The first-order valence-corrected chi connectivity index (χ1v) is 9.20. The van der Waals surface area contributed by atoms with E-state index in [1.165, 1.54) is 12.1 Å². The molecule has 2 rings (SSSR count). The lowest BCUT2D eigenvalue weighted by Gasteiger charge is -2.25. The first-order chi connectivity index (χ1) is 13.9. The third-order valence-electron chi connectivity index (χ3n) is 3.84. The van der Waals surface area contributed by atoms with Crippen LogP contribution in [0.3, 0.4) is 0 Å². The number of nitrogens with zero attached hydrogens (tertiary/aromatic N) is 2. The number of amides is 3. The van der Waals surface area contributed by atoms with Crippen LogP contribution in [0.2, 0.25) is 5.02 Å². The van der Waals surface area contributed by atoms with Crippen LogP contribution in [0.25, 0.3) is 0 Å². The predicted molar refractivity (Wildman–Crippen MR) is 101 cm³/mol. The standard InChI is InChI=1S/C18H13ClF6N2O2S/c1-26(13-7-6-9(8-12(13)21)30-18(24,25)16(22)23)17(29)27(2)15(28)14-10(19)4-3-5-11(14)20/h3-8,16H,1-2H3. The van der Waals surface area contributed by atoms with Gasteiger partial charge in [0.2, 0.25) is 0 Å². The highest BCUT2D eigenvalue weighted by atomic mass is 35.5. The van der Waals surface area contributed by atoms with Gasteiger partial charge in [-0.1, -0.05) is 17.7 Å². The van der Waals surface area contributed by atoms with Gasteiger partial charge in [0.1, 0.15) is 11.6 Å². The van der Waals surface area contributed by atoms with Gasteiger partial charge < -0.3 is 0 Å². The molecule has 0 fully saturated rings. The van der Waals surface area contributed by atoms with E-state index < -0.39 is 63.2 Å². The smallest absolute Gasteiger partial charge is 0.294 e. The third-order valence-corrected chi connectivity index (χ3v) is 5.10. The summed E-state index contributed by atoms with van der Waals surface area (Å²) < 4.78 is 79.0. The van der Waals surface area contributed by atoms with Crippen molar-refractivity contribution >= 4 is 41.0 Å². The number of carbonyl (C=O) groups excluding carboxylic acids is 2. The molecule has 3 amide bonds. The van der Waals surface area contributed by atoms with Gasteiger partial charge in [-0.15, -0.1) is 0 Å². The maximum atomic E-state index is 14.3. The molecular weight excluding hydrogens is 458 g/mol. The van der Waals surface area contributed by atoms with Gasteiger partial charge in [-0.25, -0.2) is 22.4 Å². The van der Waals surface area contributed by atoms with E-state index in [2.05, 4.69) is 0 Å². The zero-order valence-corrected chi connectivity index (χ0v) is 16.9. The highest BCUT2D eigenvalue weighted by Crippen LogP contribution is 2.41. The molecule has 0 radical (unpaired) electrons. The summed E-state index contributed by atoms with van der Waals surface area (Å²) in [5, 5.41) is -4.67. The molecule has 0 aliphatic rings. The minimum Gasteiger partial charge on any atom is -0.294 e. The predicted octanol–water partition coefficient (Wildman–Crippen LogP) is 5.90. The Morgan fingerprint density at radius 1 is 1.07 bits per heavy atom. The second kappa shape index (κ2) is 9.17. The van der Waals surface area contributed by atoms with E-state index in [0.29, 0.717) is 15.9 Å². The maximum absolute atomic E-state index is 14.3. The maximum Gasteiger partial charge on any atom is 0.357 e. The number of urea groups is 1. The quantitative estimate of drug-likeness (QED) is 0.404. The van der Waals surface area contributed by atoms with Crippen LogP contribution in [0.1, 0.15) is 10.4 Å². The number of halogens is 7. The summed E-state index contributed by atoms with van der Waals surface area (Å²) >= 11 is 5.26. The molecule has 0 atom stereocenters. The zero-order chi connectivity index (χ0) is 22.8. The van der Waals surface area contributed by atoms with Crippen molar-refractivity contribution in [2.45, 2.75) is 16.6 Å². The molecule has 0 saturated heterocycles. The molecule has 0 bridgehead atoms. The number of alkyl halides is 4. The number of anilines is 1. The van der Waals surface area contributed by atoms with Crippen molar-refractivity contribution in [2.75, 3.05) is 19.0 Å². The van der Waals surface area contributed by atoms with Crippen molar-refractivity contribution in [3.8, 4) is 0 Å². The summed E-state index contributed by atoms with van der Waals surface area (Å²) in [6.45, 7) is 0. The molecule has 30 heavy (non-hydrogen) atoms. The Morgan fingerprint density at radius 2 is 1.70 bits per heavy atom. The molecule has 0 heterocycles. The molecule has 2 aromatic rings. The van der Waals surface area contributed by atoms with E-state index in [1.807, 2.05) is 0 Å². The number of carbonyl (C=O) groups is 2. The Kier molecular flexibility index (Phi) is 7.30. The van der Waals surface area contributed by atoms with Crippen LogP contribution in [-0.4, -0.2) is 42.6 Å². The zero-order valence-electron chi connectivity index (χ0n) is 15.3. The SMILES string of the molecule is CN(C(=O)c1c(F)cccc1Cl)C(=O)N(C)c1ccc(SC(F)(F)C(F)F)cc1F. The van der Waals surface area contributed by atoms with Gasteiger partial charge in [-0.3, -0.25) is 14.6 Å². The van der Waals surface area contributed by atoms with Crippen LogP contribution in [0.5, 0.6) is 0 Å². The molecule has 0 unspecified atom stereocenters. The van der Waals surface area contributed by atoms with Crippen molar-refractivity contribution in [1.82, 2.24) is 4.90 Å². The average molecular weight is 471 g/mol. The molecule has 0 N–H and O–H groups in total. The first-order valence-electron chi connectivity index (χ1n) is 8.01. The first kappa shape index (κ1) is 23.9. The monoisotopic (exact) mass is 470 g/mol. The summed E-state index contributed by atoms with van der Waals surface area (Å²) in [5.74, 6) is -3.24. The highest BCUT2D eigenvalue weighted by Gasteiger charge is 2.42. The molecular formula is C18H13ClF6N2O2S. The Bertz CT molecular complexity index is 955. The molecule has 12 heteroatoms. The summed E-state index contributed by atoms with van der Waals surface area (Å²) in [7, 11) is 2.09. The fourth-order valence-electron chi connectivity index (χ4n) is 2.31. The van der Waals surface area contributed by atoms with Gasteiger partial charge >= 0.3 is 17.7 Å². The van der Waals surface area contributed by atoms with Crippen LogP contribution in [0, 0.1) is 11.6 Å². The molecule has 0 spiro atoms. The minimum absolute atomic E-state index is 0.241. The largest absolute Gasteiger partial charge is 0.357 e. The number of imide groups is 1. The molecule has 0 aliphatic heterocycles. The Balaban J connectivity index is 2.24. The fraction of sp³-hybridized carbons (Fsp3) is 0.222. The van der Waals surface area contributed by atoms with E-state index in [4.69, 9.17) is 11.6 Å². The second-order valence-electron chi connectivity index (χ2n) is 5.88. The van der Waals surface area contributed by atoms with Crippen molar-refractivity contribution in [2.24, 2.45) is 0 Å². The van der Waals surface area contributed by atoms with Crippen molar-refractivity contribution in [3.05, 3.63) is 58.6 Å². The van der Waals surface area contributed by atoms with Crippen molar-refractivity contribution < 1.29 is 35.9 Å². The molecule has 0 saturated carbocycles. The normalized spacial score (nSPS) is 11.5. The van der Waals surface area contributed by atoms with E-state index in [0.717, 1.165) is 32.3 Å². The van der Waals surface area contributed by atoms with E-state index in [-0.39, 0.29) is 5.02 Å². The fourth-order valence-corrected chi connectivity index (χ4v) is 3.26. The number of hydrogen-bond donors (Lipinski definition) is 0. The lowest BCUT2D eigenvalue weighted by molar-refractivity contribution is -0.0563. The number of benzene rings is 2. The number of thioether (sulfide) groups is 1. The van der Waals surface area contributed by atoms with Crippen molar-refractivity contribution in [3.63, 3.8) is 0 Å². The lowest BCUT2D eigenvalue weighted by atomic mass is 10.2. The van der Waals surface area contributed by atoms with Crippen LogP contribution in [0.4, 0.5) is 36.8 Å². The van der Waals surface area contributed by atoms with Crippen LogP contribution in [-0.2, 0) is 0 Å². The molecule has 0 aliphatic carbocycles. The number of hydrogen-bond acceptors (Lipinski definition) is 3. The van der Waals surface area contributed by atoms with Gasteiger partial charge in [0.15, 0.2) is 0 Å². The van der Waals surface area contributed by atoms with Gasteiger partial charge in [0, 0.05) is 19.0 Å². The highest BCUT2D eigenvalue weighted by molar-refractivity contribution is 8.00. The Labute approximate surface area is 176 Å². The van der Waals surface area contributed by atoms with Crippen LogP contribution < -0.4 is 4.90 Å². The molecule has 0 aromatic heterocycles. The minimum atomic E-state index is -4.43. The van der Waals surface area contributed by atoms with E-state index in [1.54, 1.807) is 0 Å². The van der Waals surface area contributed by atoms with Gasteiger partial charge in [-0.2, -0.15) is 8.78 Å². The van der Waals surface area contributed by atoms with Gasteiger partial charge in [-0.05, 0) is 42.1 Å². The summed E-state index contributed by atoms with van der Waals surface area (Å²) in [4.78, 5) is 25.6. The van der Waals surface area contributed by atoms with Gasteiger partial charge in [0.05, 0.1) is 16.3 Å².